The smallest absolute Gasteiger partial charge is 0.259 e. The molecule has 0 saturated carbocycles. The van der Waals surface area contributed by atoms with Crippen LogP contribution in [0, 0.1) is 11.3 Å². The zero-order chi connectivity index (χ0) is 24.3. The van der Waals surface area contributed by atoms with Crippen molar-refractivity contribution in [2.75, 3.05) is 19.5 Å². The van der Waals surface area contributed by atoms with E-state index in [1.807, 2.05) is 48.5 Å². The molecule has 1 aliphatic rings. The summed E-state index contributed by atoms with van der Waals surface area (Å²) in [7, 11) is 3.27. The van der Waals surface area contributed by atoms with Gasteiger partial charge in [-0.1, -0.05) is 39.0 Å². The highest BCUT2D eigenvalue weighted by Gasteiger charge is 2.33. The summed E-state index contributed by atoms with van der Waals surface area (Å²) in [6.45, 7) is 6.90. The van der Waals surface area contributed by atoms with Crippen molar-refractivity contribution in [1.82, 2.24) is 0 Å². The van der Waals surface area contributed by atoms with Crippen LogP contribution < -0.4 is 14.8 Å². The van der Waals surface area contributed by atoms with Gasteiger partial charge in [0.05, 0.1) is 19.8 Å². The van der Waals surface area contributed by atoms with E-state index in [0.29, 0.717) is 17.2 Å². The molecule has 1 aliphatic carbocycles. The third-order valence-electron chi connectivity index (χ3n) is 6.49. The second-order valence-corrected chi connectivity index (χ2v) is 10.8. The van der Waals surface area contributed by atoms with Crippen molar-refractivity contribution in [3.8, 4) is 11.5 Å². The molecule has 1 atom stereocenters. The first-order valence-corrected chi connectivity index (χ1v) is 12.4. The summed E-state index contributed by atoms with van der Waals surface area (Å²) in [5.41, 5.74) is 3.64. The van der Waals surface area contributed by atoms with E-state index in [1.165, 1.54) is 4.88 Å². The lowest BCUT2D eigenvalue weighted by molar-refractivity contribution is 0.102. The maximum absolute atomic E-state index is 13.5. The Bertz CT molecular complexity index is 1190. The van der Waals surface area contributed by atoms with E-state index in [4.69, 9.17) is 14.5 Å². The highest BCUT2D eigenvalue weighted by atomic mass is 32.1. The van der Waals surface area contributed by atoms with Crippen molar-refractivity contribution in [2.24, 2.45) is 16.3 Å². The van der Waals surface area contributed by atoms with E-state index in [-0.39, 0.29) is 11.3 Å². The fourth-order valence-electron chi connectivity index (χ4n) is 4.42. The Morgan fingerprint density at radius 1 is 1.12 bits per heavy atom. The second kappa shape index (κ2) is 10.0. The van der Waals surface area contributed by atoms with Crippen molar-refractivity contribution < 1.29 is 14.3 Å². The van der Waals surface area contributed by atoms with Crippen LogP contribution in [0.1, 0.15) is 53.6 Å². The second-order valence-electron chi connectivity index (χ2n) is 9.68. The molecule has 4 rings (SSSR count). The summed E-state index contributed by atoms with van der Waals surface area (Å²) < 4.78 is 10.9. The molecule has 0 fully saturated rings. The van der Waals surface area contributed by atoms with Crippen molar-refractivity contribution >= 4 is 34.1 Å². The number of para-hydroxylation sites is 1. The van der Waals surface area contributed by atoms with Gasteiger partial charge in [-0.3, -0.25) is 4.79 Å². The normalized spacial score (nSPS) is 15.7. The molecule has 34 heavy (non-hydrogen) atoms. The Kier molecular flexibility index (Phi) is 7.08. The van der Waals surface area contributed by atoms with Crippen LogP contribution in [0.2, 0.25) is 0 Å². The van der Waals surface area contributed by atoms with Gasteiger partial charge < -0.3 is 14.8 Å². The van der Waals surface area contributed by atoms with Gasteiger partial charge in [-0.05, 0) is 66.5 Å². The number of rotatable bonds is 6. The predicted octanol–water partition coefficient (Wildman–Crippen LogP) is 6.92. The van der Waals surface area contributed by atoms with Gasteiger partial charge in [0.2, 0.25) is 0 Å². The molecule has 0 spiro atoms. The lowest BCUT2D eigenvalue weighted by atomic mass is 9.72. The molecule has 1 amide bonds. The lowest BCUT2D eigenvalue weighted by Gasteiger charge is -2.33. The quantitative estimate of drug-likeness (QED) is 0.393. The maximum atomic E-state index is 13.5. The molecule has 2 aromatic carbocycles. The predicted molar refractivity (Wildman–Crippen MR) is 140 cm³/mol. The molecule has 3 aromatic rings. The van der Waals surface area contributed by atoms with Crippen LogP contribution in [0.3, 0.4) is 0 Å². The van der Waals surface area contributed by atoms with Gasteiger partial charge in [0.15, 0.2) is 0 Å². The van der Waals surface area contributed by atoms with E-state index < -0.39 is 0 Å². The minimum absolute atomic E-state index is 0.109. The number of benzene rings is 2. The van der Waals surface area contributed by atoms with Crippen LogP contribution in [0.4, 0.5) is 10.7 Å². The van der Waals surface area contributed by atoms with Crippen molar-refractivity contribution in [3.63, 3.8) is 0 Å². The van der Waals surface area contributed by atoms with Crippen molar-refractivity contribution in [1.29, 1.82) is 0 Å². The highest BCUT2D eigenvalue weighted by Crippen LogP contribution is 2.45. The fourth-order valence-corrected chi connectivity index (χ4v) is 5.69. The van der Waals surface area contributed by atoms with E-state index >= 15 is 0 Å². The first kappa shape index (κ1) is 24.0. The molecule has 6 heteroatoms. The SMILES string of the molecule is COc1ccc(OC)c(/C=N/c2sc3c(c2C(=O)Nc2ccccc2)CCC(C(C)(C)C)C3)c1. The van der Waals surface area contributed by atoms with Gasteiger partial charge in [-0.15, -0.1) is 11.3 Å². The zero-order valence-electron chi connectivity index (χ0n) is 20.5. The number of nitrogens with zero attached hydrogens (tertiary/aromatic N) is 1. The van der Waals surface area contributed by atoms with Crippen molar-refractivity contribution in [3.05, 3.63) is 70.1 Å². The summed E-state index contributed by atoms with van der Waals surface area (Å²) in [4.78, 5) is 19.5. The van der Waals surface area contributed by atoms with Crippen LogP contribution in [0.25, 0.3) is 0 Å². The Labute approximate surface area is 205 Å². The number of methoxy groups -OCH3 is 2. The van der Waals surface area contributed by atoms with Crippen LogP contribution in [-0.4, -0.2) is 26.3 Å². The first-order valence-electron chi connectivity index (χ1n) is 11.6. The summed E-state index contributed by atoms with van der Waals surface area (Å²) in [6.07, 6.45) is 4.71. The zero-order valence-corrected chi connectivity index (χ0v) is 21.3. The Morgan fingerprint density at radius 2 is 1.88 bits per heavy atom. The Hall–Kier alpha value is -3.12. The summed E-state index contributed by atoms with van der Waals surface area (Å²) in [5, 5.41) is 3.80. The first-order chi connectivity index (χ1) is 16.3. The topological polar surface area (TPSA) is 59.9 Å². The average Bonchev–Trinajstić information content (AvgIpc) is 3.20. The molecule has 1 unspecified atom stereocenters. The fraction of sp³-hybridized carbons (Fsp3) is 0.357. The van der Waals surface area contributed by atoms with E-state index in [0.717, 1.165) is 46.8 Å². The molecule has 1 heterocycles. The average molecular weight is 477 g/mol. The number of hydrogen-bond donors (Lipinski definition) is 1. The highest BCUT2D eigenvalue weighted by molar-refractivity contribution is 7.16. The van der Waals surface area contributed by atoms with E-state index in [1.54, 1.807) is 31.8 Å². The van der Waals surface area contributed by atoms with Crippen LogP contribution >= 0.6 is 11.3 Å². The van der Waals surface area contributed by atoms with E-state index in [2.05, 4.69) is 26.1 Å². The minimum atomic E-state index is -0.109. The summed E-state index contributed by atoms with van der Waals surface area (Å²) in [5.74, 6) is 1.90. The third-order valence-corrected chi connectivity index (χ3v) is 7.65. The number of thiophene rings is 1. The number of ether oxygens (including phenoxy) is 2. The van der Waals surface area contributed by atoms with Gasteiger partial charge in [-0.2, -0.15) is 0 Å². The number of hydrogen-bond acceptors (Lipinski definition) is 5. The lowest BCUT2D eigenvalue weighted by Crippen LogP contribution is -2.27. The van der Waals surface area contributed by atoms with Gasteiger partial charge in [-0.25, -0.2) is 4.99 Å². The Morgan fingerprint density at radius 3 is 2.56 bits per heavy atom. The number of fused-ring (bicyclic) bond motifs is 1. The third kappa shape index (κ3) is 5.17. The summed E-state index contributed by atoms with van der Waals surface area (Å²) >= 11 is 1.63. The molecule has 1 N–H and O–H groups in total. The molecule has 0 radical (unpaired) electrons. The Balaban J connectivity index is 1.73. The van der Waals surface area contributed by atoms with Crippen molar-refractivity contribution in [2.45, 2.75) is 40.0 Å². The van der Waals surface area contributed by atoms with Gasteiger partial charge >= 0.3 is 0 Å². The molecule has 5 nitrogen and oxygen atoms in total. The van der Waals surface area contributed by atoms with Gasteiger partial charge in [0, 0.05) is 22.3 Å². The standard InChI is InChI=1S/C28H32N2O3S/c1-28(2,3)19-11-13-22-24(16-19)34-27(25(22)26(31)30-20-9-7-6-8-10-20)29-17-18-15-21(32-4)12-14-23(18)33-5/h6-10,12,14-15,17,19H,11,13,16H2,1-5H3,(H,30,31)/b29-17+. The largest absolute Gasteiger partial charge is 0.497 e. The minimum Gasteiger partial charge on any atom is -0.497 e. The monoisotopic (exact) mass is 476 g/mol. The number of carbonyl (C=O) groups excluding carboxylic acids is 1. The maximum Gasteiger partial charge on any atom is 0.259 e. The van der Waals surface area contributed by atoms with Crippen LogP contribution in [0.15, 0.2) is 53.5 Å². The number of anilines is 1. The van der Waals surface area contributed by atoms with E-state index in [9.17, 15) is 4.79 Å². The molecule has 0 saturated heterocycles. The molecular formula is C28H32N2O3S. The van der Waals surface area contributed by atoms with Gasteiger partial charge in [0.25, 0.3) is 5.91 Å². The molecular weight excluding hydrogens is 444 g/mol. The molecule has 178 valence electrons. The number of amides is 1. The molecule has 1 aromatic heterocycles. The number of aliphatic imine (C=N–C) groups is 1. The van der Waals surface area contributed by atoms with Crippen LogP contribution in [-0.2, 0) is 12.8 Å². The number of nitrogens with one attached hydrogen (secondary N) is 1. The number of carbonyl (C=O) groups is 1. The molecule has 0 bridgehead atoms. The van der Waals surface area contributed by atoms with Crippen LogP contribution in [0.5, 0.6) is 11.5 Å². The molecule has 0 aliphatic heterocycles. The van der Waals surface area contributed by atoms with Gasteiger partial charge in [0.1, 0.15) is 16.5 Å². The summed E-state index contributed by atoms with van der Waals surface area (Å²) in [6, 6.07) is 15.2.